The number of anilines is 1. The summed E-state index contributed by atoms with van der Waals surface area (Å²) in [7, 11) is 0. The van der Waals surface area contributed by atoms with Crippen molar-refractivity contribution in [1.29, 1.82) is 0 Å². The molecule has 0 bridgehead atoms. The van der Waals surface area contributed by atoms with Gasteiger partial charge in [0.1, 0.15) is 6.33 Å². The summed E-state index contributed by atoms with van der Waals surface area (Å²) >= 11 is 1.56. The van der Waals surface area contributed by atoms with E-state index in [2.05, 4.69) is 21.9 Å². The van der Waals surface area contributed by atoms with Crippen molar-refractivity contribution in [3.63, 3.8) is 0 Å². The molecule has 4 nitrogen and oxygen atoms in total. The topological polar surface area (TPSA) is 64.7 Å². The van der Waals surface area contributed by atoms with Crippen LogP contribution in [0.3, 0.4) is 0 Å². The van der Waals surface area contributed by atoms with Crippen LogP contribution in [0, 0.1) is 0 Å². The standard InChI is InChI=1S/C11H14N4S/c1-2-3-9-10(16-11(12)15-9)4-8-5-13-7-14-6-8/h5-7H,2-4H2,1H3,(H2,12,15). The molecule has 2 rings (SSSR count). The van der Waals surface area contributed by atoms with Crippen LogP contribution in [-0.4, -0.2) is 15.0 Å². The first-order valence-electron chi connectivity index (χ1n) is 5.27. The van der Waals surface area contributed by atoms with E-state index in [1.165, 1.54) is 11.2 Å². The van der Waals surface area contributed by atoms with E-state index in [0.717, 1.165) is 30.5 Å². The van der Waals surface area contributed by atoms with E-state index in [-0.39, 0.29) is 0 Å². The Balaban J connectivity index is 2.20. The number of nitrogen functional groups attached to an aromatic ring is 1. The molecule has 0 fully saturated rings. The third kappa shape index (κ3) is 2.55. The van der Waals surface area contributed by atoms with Crippen LogP contribution < -0.4 is 5.73 Å². The minimum absolute atomic E-state index is 0.648. The van der Waals surface area contributed by atoms with Crippen molar-refractivity contribution >= 4 is 16.5 Å². The SMILES string of the molecule is CCCc1nc(N)sc1Cc1cncnc1. The first-order valence-corrected chi connectivity index (χ1v) is 6.09. The van der Waals surface area contributed by atoms with Gasteiger partial charge in [-0.25, -0.2) is 15.0 Å². The minimum Gasteiger partial charge on any atom is -0.375 e. The fraction of sp³-hybridized carbons (Fsp3) is 0.364. The molecule has 0 aliphatic rings. The summed E-state index contributed by atoms with van der Waals surface area (Å²) in [6.45, 7) is 2.14. The zero-order chi connectivity index (χ0) is 11.4. The largest absolute Gasteiger partial charge is 0.375 e. The number of aromatic nitrogens is 3. The molecule has 2 heterocycles. The first kappa shape index (κ1) is 11.0. The fourth-order valence-corrected chi connectivity index (χ4v) is 2.49. The first-order chi connectivity index (χ1) is 7.79. The van der Waals surface area contributed by atoms with E-state index in [0.29, 0.717) is 5.13 Å². The summed E-state index contributed by atoms with van der Waals surface area (Å²) in [5, 5.41) is 0.648. The average Bonchev–Trinajstić information content (AvgIpc) is 2.61. The molecular weight excluding hydrogens is 220 g/mol. The van der Waals surface area contributed by atoms with Gasteiger partial charge < -0.3 is 5.73 Å². The molecule has 0 spiro atoms. The molecule has 5 heteroatoms. The van der Waals surface area contributed by atoms with Gasteiger partial charge in [-0.2, -0.15) is 0 Å². The molecule has 0 aromatic carbocycles. The van der Waals surface area contributed by atoms with Crippen molar-refractivity contribution in [3.8, 4) is 0 Å². The molecule has 2 N–H and O–H groups in total. The second kappa shape index (κ2) is 5.03. The zero-order valence-corrected chi connectivity index (χ0v) is 10.00. The molecule has 16 heavy (non-hydrogen) atoms. The molecule has 0 saturated heterocycles. The number of nitrogens with two attached hydrogens (primary N) is 1. The van der Waals surface area contributed by atoms with Gasteiger partial charge in [-0.15, -0.1) is 11.3 Å². The summed E-state index contributed by atoms with van der Waals surface area (Å²) in [5.41, 5.74) is 7.96. The van der Waals surface area contributed by atoms with Crippen molar-refractivity contribution in [1.82, 2.24) is 15.0 Å². The number of hydrogen-bond donors (Lipinski definition) is 1. The molecule has 2 aromatic rings. The van der Waals surface area contributed by atoms with E-state index in [4.69, 9.17) is 5.73 Å². The quantitative estimate of drug-likeness (QED) is 0.879. The van der Waals surface area contributed by atoms with Crippen LogP contribution in [0.4, 0.5) is 5.13 Å². The lowest BCUT2D eigenvalue weighted by atomic mass is 10.1. The molecule has 84 valence electrons. The van der Waals surface area contributed by atoms with Crippen LogP contribution in [0.1, 0.15) is 29.5 Å². The maximum Gasteiger partial charge on any atom is 0.180 e. The van der Waals surface area contributed by atoms with Crippen molar-refractivity contribution in [2.45, 2.75) is 26.2 Å². The Morgan fingerprint density at radius 2 is 2.06 bits per heavy atom. The summed E-state index contributed by atoms with van der Waals surface area (Å²) < 4.78 is 0. The van der Waals surface area contributed by atoms with Gasteiger partial charge in [0.15, 0.2) is 5.13 Å². The molecule has 0 saturated carbocycles. The van der Waals surface area contributed by atoms with Gasteiger partial charge in [0.2, 0.25) is 0 Å². The molecule has 0 unspecified atom stereocenters. The summed E-state index contributed by atoms with van der Waals surface area (Å²) in [6.07, 6.45) is 8.10. The summed E-state index contributed by atoms with van der Waals surface area (Å²) in [4.78, 5) is 13.6. The van der Waals surface area contributed by atoms with Crippen molar-refractivity contribution in [3.05, 3.63) is 34.9 Å². The summed E-state index contributed by atoms with van der Waals surface area (Å²) in [6, 6.07) is 0. The van der Waals surface area contributed by atoms with Gasteiger partial charge in [-0.3, -0.25) is 0 Å². The van der Waals surface area contributed by atoms with Gasteiger partial charge in [-0.05, 0) is 12.0 Å². The maximum atomic E-state index is 5.74. The van der Waals surface area contributed by atoms with Crippen molar-refractivity contribution < 1.29 is 0 Å². The number of nitrogens with zero attached hydrogens (tertiary/aromatic N) is 3. The van der Waals surface area contributed by atoms with Gasteiger partial charge in [0, 0.05) is 23.7 Å². The van der Waals surface area contributed by atoms with E-state index in [9.17, 15) is 0 Å². The van der Waals surface area contributed by atoms with E-state index in [1.807, 2.05) is 12.4 Å². The Kier molecular flexibility index (Phi) is 3.46. The Hall–Kier alpha value is -1.49. The molecule has 0 aliphatic carbocycles. The Labute approximate surface area is 98.6 Å². The predicted octanol–water partition coefficient (Wildman–Crippen LogP) is 2.06. The number of hydrogen-bond acceptors (Lipinski definition) is 5. The highest BCUT2D eigenvalue weighted by molar-refractivity contribution is 7.15. The third-order valence-corrected chi connectivity index (χ3v) is 3.19. The fourth-order valence-electron chi connectivity index (χ4n) is 1.58. The Morgan fingerprint density at radius 3 is 2.75 bits per heavy atom. The van der Waals surface area contributed by atoms with Gasteiger partial charge in [0.25, 0.3) is 0 Å². The lowest BCUT2D eigenvalue weighted by molar-refractivity contribution is 0.878. The molecule has 0 atom stereocenters. The average molecular weight is 234 g/mol. The highest BCUT2D eigenvalue weighted by Crippen LogP contribution is 2.24. The molecule has 0 amide bonds. The van der Waals surface area contributed by atoms with Gasteiger partial charge in [0.05, 0.1) is 5.69 Å². The van der Waals surface area contributed by atoms with E-state index in [1.54, 1.807) is 11.3 Å². The Morgan fingerprint density at radius 1 is 1.31 bits per heavy atom. The van der Waals surface area contributed by atoms with Crippen molar-refractivity contribution in [2.24, 2.45) is 0 Å². The zero-order valence-electron chi connectivity index (χ0n) is 9.18. The van der Waals surface area contributed by atoms with Crippen LogP contribution >= 0.6 is 11.3 Å². The summed E-state index contributed by atoms with van der Waals surface area (Å²) in [5.74, 6) is 0. The van der Waals surface area contributed by atoms with Gasteiger partial charge >= 0.3 is 0 Å². The number of aryl methyl sites for hydroxylation is 1. The lowest BCUT2D eigenvalue weighted by Gasteiger charge is -2.00. The van der Waals surface area contributed by atoms with E-state index >= 15 is 0 Å². The van der Waals surface area contributed by atoms with Crippen LogP contribution in [0.2, 0.25) is 0 Å². The third-order valence-electron chi connectivity index (χ3n) is 2.26. The van der Waals surface area contributed by atoms with E-state index < -0.39 is 0 Å². The highest BCUT2D eigenvalue weighted by atomic mass is 32.1. The van der Waals surface area contributed by atoms with Crippen LogP contribution in [-0.2, 0) is 12.8 Å². The van der Waals surface area contributed by atoms with Crippen molar-refractivity contribution in [2.75, 3.05) is 5.73 Å². The lowest BCUT2D eigenvalue weighted by Crippen LogP contribution is -1.94. The van der Waals surface area contributed by atoms with Crippen LogP contribution in [0.5, 0.6) is 0 Å². The molecule has 0 aliphatic heterocycles. The minimum atomic E-state index is 0.648. The van der Waals surface area contributed by atoms with Crippen LogP contribution in [0.25, 0.3) is 0 Å². The highest BCUT2D eigenvalue weighted by Gasteiger charge is 2.09. The number of thiazole rings is 1. The second-order valence-electron chi connectivity index (χ2n) is 3.60. The monoisotopic (exact) mass is 234 g/mol. The normalized spacial score (nSPS) is 10.6. The molecule has 0 radical (unpaired) electrons. The Bertz CT molecular complexity index is 452. The smallest absolute Gasteiger partial charge is 0.180 e. The number of rotatable bonds is 4. The molecular formula is C11H14N4S. The predicted molar refractivity (Wildman–Crippen MR) is 65.4 cm³/mol. The van der Waals surface area contributed by atoms with Gasteiger partial charge in [-0.1, -0.05) is 13.3 Å². The maximum absolute atomic E-state index is 5.74. The second-order valence-corrected chi connectivity index (χ2v) is 4.71. The van der Waals surface area contributed by atoms with Crippen LogP contribution in [0.15, 0.2) is 18.7 Å². The molecule has 2 aromatic heterocycles.